The molecule has 3 N–H and O–H groups in total. The van der Waals surface area contributed by atoms with Crippen molar-refractivity contribution in [2.24, 2.45) is 5.73 Å². The van der Waals surface area contributed by atoms with E-state index < -0.39 is 5.54 Å². The van der Waals surface area contributed by atoms with Gasteiger partial charge in [-0.25, -0.2) is 0 Å². The van der Waals surface area contributed by atoms with Crippen LogP contribution in [0.3, 0.4) is 0 Å². The van der Waals surface area contributed by atoms with E-state index in [-0.39, 0.29) is 23.6 Å². The van der Waals surface area contributed by atoms with E-state index in [0.29, 0.717) is 18.7 Å². The molecule has 1 aliphatic rings. The fraction of sp³-hybridized carbons (Fsp3) is 0.308. The molecule has 0 radical (unpaired) electrons. The number of benzene rings is 1. The van der Waals surface area contributed by atoms with Crippen LogP contribution >= 0.6 is 0 Å². The van der Waals surface area contributed by atoms with Crippen LogP contribution in [0.1, 0.15) is 17.5 Å². The van der Waals surface area contributed by atoms with Gasteiger partial charge in [-0.3, -0.25) is 4.79 Å². The van der Waals surface area contributed by atoms with Gasteiger partial charge in [0.2, 0.25) is 5.91 Å². The van der Waals surface area contributed by atoms with E-state index in [1.165, 1.54) is 12.1 Å². The molecule has 1 atom stereocenters. The minimum Gasteiger partial charge on any atom is -0.379 e. The minimum absolute atomic E-state index is 0.181. The van der Waals surface area contributed by atoms with Gasteiger partial charge in [0, 0.05) is 12.3 Å². The van der Waals surface area contributed by atoms with Crippen LogP contribution in [0, 0.1) is 22.7 Å². The average Bonchev–Trinajstić information content (AvgIpc) is 2.87. The van der Waals surface area contributed by atoms with Crippen LogP contribution in [-0.2, 0) is 9.53 Å². The van der Waals surface area contributed by atoms with Crippen LogP contribution in [0.5, 0.6) is 0 Å². The first-order valence-corrected chi connectivity index (χ1v) is 5.71. The number of hydrogen-bond donors (Lipinski definition) is 2. The number of anilines is 1. The maximum atomic E-state index is 12.0. The standard InChI is InChI=1S/C13H12N4O2/c14-6-9-1-2-11(5-10(9)7-15)17-12(18)13(16)3-4-19-8-13/h1-2,5H,3-4,8,16H2,(H,17,18). The van der Waals surface area contributed by atoms with Crippen molar-refractivity contribution >= 4 is 11.6 Å². The highest BCUT2D eigenvalue weighted by Gasteiger charge is 2.38. The van der Waals surface area contributed by atoms with Crippen LogP contribution < -0.4 is 11.1 Å². The van der Waals surface area contributed by atoms with Crippen LogP contribution in [0.4, 0.5) is 5.69 Å². The normalized spacial score (nSPS) is 21.4. The summed E-state index contributed by atoms with van der Waals surface area (Å²) in [5, 5.41) is 20.4. The largest absolute Gasteiger partial charge is 0.379 e. The second kappa shape index (κ2) is 5.07. The molecule has 1 fully saturated rings. The van der Waals surface area contributed by atoms with Crippen molar-refractivity contribution in [1.29, 1.82) is 10.5 Å². The number of carbonyl (C=O) groups excluding carboxylic acids is 1. The molecule has 1 aromatic carbocycles. The molecule has 1 aliphatic heterocycles. The van der Waals surface area contributed by atoms with Gasteiger partial charge in [0.25, 0.3) is 0 Å². The quantitative estimate of drug-likeness (QED) is 0.799. The predicted molar refractivity (Wildman–Crippen MR) is 66.9 cm³/mol. The lowest BCUT2D eigenvalue weighted by molar-refractivity contribution is -0.121. The molecule has 1 unspecified atom stereocenters. The Balaban J connectivity index is 2.18. The van der Waals surface area contributed by atoms with Crippen molar-refractivity contribution in [3.8, 4) is 12.1 Å². The first-order chi connectivity index (χ1) is 9.09. The van der Waals surface area contributed by atoms with Crippen LogP contribution in [0.15, 0.2) is 18.2 Å². The lowest BCUT2D eigenvalue weighted by atomic mass is 9.99. The Kier molecular flexibility index (Phi) is 3.48. The van der Waals surface area contributed by atoms with E-state index in [1.807, 2.05) is 12.1 Å². The molecular weight excluding hydrogens is 244 g/mol. The smallest absolute Gasteiger partial charge is 0.246 e. The average molecular weight is 256 g/mol. The number of nitrogens with one attached hydrogen (secondary N) is 1. The van der Waals surface area contributed by atoms with Crippen molar-refractivity contribution in [2.75, 3.05) is 18.5 Å². The van der Waals surface area contributed by atoms with Crippen LogP contribution in [-0.4, -0.2) is 24.7 Å². The highest BCUT2D eigenvalue weighted by atomic mass is 16.5. The van der Waals surface area contributed by atoms with Gasteiger partial charge in [0.1, 0.15) is 17.7 Å². The summed E-state index contributed by atoms with van der Waals surface area (Å²) in [6.07, 6.45) is 0.459. The maximum absolute atomic E-state index is 12.0. The second-order valence-electron chi connectivity index (χ2n) is 4.40. The molecule has 0 bridgehead atoms. The minimum atomic E-state index is -1.03. The number of carbonyl (C=O) groups is 1. The highest BCUT2D eigenvalue weighted by molar-refractivity contribution is 5.98. The van der Waals surface area contributed by atoms with Gasteiger partial charge in [-0.05, 0) is 24.6 Å². The summed E-state index contributed by atoms with van der Waals surface area (Å²) in [4.78, 5) is 12.0. The summed E-state index contributed by atoms with van der Waals surface area (Å²) in [7, 11) is 0. The molecule has 1 heterocycles. The Morgan fingerprint density at radius 2 is 2.11 bits per heavy atom. The van der Waals surface area contributed by atoms with E-state index in [2.05, 4.69) is 5.32 Å². The Morgan fingerprint density at radius 3 is 2.68 bits per heavy atom. The van der Waals surface area contributed by atoms with Crippen LogP contribution in [0.2, 0.25) is 0 Å². The first-order valence-electron chi connectivity index (χ1n) is 5.71. The van der Waals surface area contributed by atoms with E-state index in [1.54, 1.807) is 6.07 Å². The van der Waals surface area contributed by atoms with E-state index in [4.69, 9.17) is 21.0 Å². The third-order valence-corrected chi connectivity index (χ3v) is 3.02. The van der Waals surface area contributed by atoms with Gasteiger partial charge in [-0.2, -0.15) is 10.5 Å². The van der Waals surface area contributed by atoms with Gasteiger partial charge in [-0.15, -0.1) is 0 Å². The van der Waals surface area contributed by atoms with Gasteiger partial charge in [0.15, 0.2) is 0 Å². The topological polar surface area (TPSA) is 112 Å². The fourth-order valence-corrected chi connectivity index (χ4v) is 1.83. The third-order valence-electron chi connectivity index (χ3n) is 3.02. The molecule has 6 nitrogen and oxygen atoms in total. The van der Waals surface area contributed by atoms with Crippen molar-refractivity contribution < 1.29 is 9.53 Å². The lowest BCUT2D eigenvalue weighted by Crippen LogP contribution is -2.51. The summed E-state index contributed by atoms with van der Waals surface area (Å²) in [6.45, 7) is 0.640. The molecule has 1 saturated heterocycles. The number of ether oxygens (including phenoxy) is 1. The van der Waals surface area contributed by atoms with Crippen molar-refractivity contribution in [2.45, 2.75) is 12.0 Å². The Morgan fingerprint density at radius 1 is 1.37 bits per heavy atom. The number of nitrogens with two attached hydrogens (primary N) is 1. The van der Waals surface area contributed by atoms with Crippen LogP contribution in [0.25, 0.3) is 0 Å². The number of nitrogens with zero attached hydrogens (tertiary/aromatic N) is 2. The van der Waals surface area contributed by atoms with Gasteiger partial charge < -0.3 is 15.8 Å². The monoisotopic (exact) mass is 256 g/mol. The zero-order valence-electron chi connectivity index (χ0n) is 10.1. The predicted octanol–water partition coefficient (Wildman–Crippen LogP) is 0.486. The zero-order valence-corrected chi connectivity index (χ0v) is 10.1. The Bertz CT molecular complexity index is 592. The number of nitriles is 2. The molecule has 0 aliphatic carbocycles. The molecule has 1 amide bonds. The summed E-state index contributed by atoms with van der Waals surface area (Å²) >= 11 is 0. The second-order valence-corrected chi connectivity index (χ2v) is 4.40. The zero-order chi connectivity index (χ0) is 13.9. The van der Waals surface area contributed by atoms with E-state index in [9.17, 15) is 4.79 Å². The lowest BCUT2D eigenvalue weighted by Gasteiger charge is -2.20. The summed E-state index contributed by atoms with van der Waals surface area (Å²) < 4.78 is 5.12. The van der Waals surface area contributed by atoms with Crippen molar-refractivity contribution in [3.63, 3.8) is 0 Å². The summed E-state index contributed by atoms with van der Waals surface area (Å²) in [6, 6.07) is 8.33. The van der Waals surface area contributed by atoms with Gasteiger partial charge in [-0.1, -0.05) is 0 Å². The van der Waals surface area contributed by atoms with E-state index >= 15 is 0 Å². The molecule has 0 spiro atoms. The number of rotatable bonds is 2. The van der Waals surface area contributed by atoms with Crippen molar-refractivity contribution in [1.82, 2.24) is 0 Å². The maximum Gasteiger partial charge on any atom is 0.246 e. The molecule has 19 heavy (non-hydrogen) atoms. The molecular formula is C13H12N4O2. The van der Waals surface area contributed by atoms with Gasteiger partial charge in [0.05, 0.1) is 17.7 Å². The fourth-order valence-electron chi connectivity index (χ4n) is 1.83. The molecule has 6 heteroatoms. The first kappa shape index (κ1) is 13.0. The summed E-state index contributed by atoms with van der Waals surface area (Å²) in [5.41, 5.74) is 5.82. The molecule has 2 rings (SSSR count). The van der Waals surface area contributed by atoms with Crippen molar-refractivity contribution in [3.05, 3.63) is 29.3 Å². The number of hydrogen-bond acceptors (Lipinski definition) is 5. The van der Waals surface area contributed by atoms with Gasteiger partial charge >= 0.3 is 0 Å². The van der Waals surface area contributed by atoms with E-state index in [0.717, 1.165) is 0 Å². The Hall–Kier alpha value is -2.41. The number of amides is 1. The SMILES string of the molecule is N#Cc1ccc(NC(=O)C2(N)CCOC2)cc1C#N. The molecule has 96 valence electrons. The molecule has 0 saturated carbocycles. The molecule has 0 aromatic heterocycles. The Labute approximate surface area is 110 Å². The molecule has 1 aromatic rings. The highest BCUT2D eigenvalue weighted by Crippen LogP contribution is 2.20. The third kappa shape index (κ3) is 2.55. The summed E-state index contributed by atoms with van der Waals surface area (Å²) in [5.74, 6) is -0.349.